The van der Waals surface area contributed by atoms with Crippen molar-refractivity contribution in [3.8, 4) is 0 Å². The van der Waals surface area contributed by atoms with Crippen molar-refractivity contribution in [2.75, 3.05) is 11.9 Å². The molecule has 3 atom stereocenters. The molecular weight excluding hydrogens is 338 g/mol. The highest BCUT2D eigenvalue weighted by Crippen LogP contribution is 2.51. The molecule has 0 bridgehead atoms. The van der Waals surface area contributed by atoms with Gasteiger partial charge in [-0.2, -0.15) is 0 Å². The van der Waals surface area contributed by atoms with Crippen LogP contribution in [-0.4, -0.2) is 17.7 Å². The molecule has 4 heteroatoms. The number of carboxylic acid groups (broad SMARTS) is 1. The molecule has 4 nitrogen and oxygen atoms in total. The molecule has 0 saturated carbocycles. The summed E-state index contributed by atoms with van der Waals surface area (Å²) in [6.07, 6.45) is 2.20. The lowest BCUT2D eigenvalue weighted by Gasteiger charge is -2.44. The Morgan fingerprint density at radius 2 is 1.85 bits per heavy atom. The van der Waals surface area contributed by atoms with Gasteiger partial charge in [0, 0.05) is 23.8 Å². The maximum absolute atomic E-state index is 11.2. The molecule has 3 aromatic carbocycles. The molecule has 136 valence electrons. The van der Waals surface area contributed by atoms with E-state index in [1.807, 2.05) is 12.1 Å². The second-order valence-corrected chi connectivity index (χ2v) is 7.39. The van der Waals surface area contributed by atoms with Gasteiger partial charge >= 0.3 is 5.97 Å². The monoisotopic (exact) mass is 359 g/mol. The van der Waals surface area contributed by atoms with Crippen molar-refractivity contribution < 1.29 is 14.6 Å². The predicted molar refractivity (Wildman–Crippen MR) is 105 cm³/mol. The summed E-state index contributed by atoms with van der Waals surface area (Å²) in [6.45, 7) is 0.786. The van der Waals surface area contributed by atoms with Crippen molar-refractivity contribution in [2.45, 2.75) is 25.0 Å². The van der Waals surface area contributed by atoms with Crippen molar-refractivity contribution in [3.63, 3.8) is 0 Å². The number of rotatable bonds is 2. The highest BCUT2D eigenvalue weighted by atomic mass is 16.5. The van der Waals surface area contributed by atoms with Crippen LogP contribution in [0.5, 0.6) is 0 Å². The zero-order valence-electron chi connectivity index (χ0n) is 14.9. The van der Waals surface area contributed by atoms with Gasteiger partial charge in [0.05, 0.1) is 17.7 Å². The highest BCUT2D eigenvalue weighted by molar-refractivity contribution is 5.91. The molecule has 1 saturated heterocycles. The second kappa shape index (κ2) is 6.39. The molecule has 2 aliphatic heterocycles. The third-order valence-corrected chi connectivity index (χ3v) is 5.88. The number of ether oxygens (including phenoxy) is 1. The van der Waals surface area contributed by atoms with Crippen molar-refractivity contribution >= 4 is 22.4 Å². The minimum absolute atomic E-state index is 0.0604. The minimum atomic E-state index is -0.895. The van der Waals surface area contributed by atoms with Gasteiger partial charge in [-0.15, -0.1) is 0 Å². The summed E-state index contributed by atoms with van der Waals surface area (Å²) in [5.41, 5.74) is 3.80. The first-order chi connectivity index (χ1) is 13.2. The third-order valence-electron chi connectivity index (χ3n) is 5.88. The Hall–Kier alpha value is -2.85. The highest BCUT2D eigenvalue weighted by Gasteiger charge is 2.40. The van der Waals surface area contributed by atoms with Gasteiger partial charge in [-0.05, 0) is 47.4 Å². The Labute approximate surface area is 157 Å². The molecule has 2 N–H and O–H groups in total. The van der Waals surface area contributed by atoms with E-state index in [0.717, 1.165) is 30.7 Å². The van der Waals surface area contributed by atoms with Crippen molar-refractivity contribution in [3.05, 3.63) is 77.4 Å². The number of carbonyl (C=O) groups is 1. The summed E-state index contributed by atoms with van der Waals surface area (Å²) < 4.78 is 6.30. The largest absolute Gasteiger partial charge is 0.478 e. The van der Waals surface area contributed by atoms with Gasteiger partial charge in [0.25, 0.3) is 0 Å². The standard InChI is InChI=1S/C23H21NO3/c25-23(26)16-9-7-15(8-10-16)21-18-6-3-13-27-22(18)20-17-5-2-1-4-14(17)11-12-19(20)24-21/h1-2,4-5,7-12,18,21-22,24H,3,6,13H2,(H,25,26)/t18-,21?,22-/m0/s1. The molecule has 27 heavy (non-hydrogen) atoms. The molecule has 2 aliphatic rings. The Morgan fingerprint density at radius 3 is 2.67 bits per heavy atom. The van der Waals surface area contributed by atoms with E-state index in [0.29, 0.717) is 11.5 Å². The molecule has 0 aliphatic carbocycles. The summed E-state index contributed by atoms with van der Waals surface area (Å²) in [5.74, 6) is -0.568. The molecule has 2 heterocycles. The predicted octanol–water partition coefficient (Wildman–Crippen LogP) is 5.17. The zero-order valence-corrected chi connectivity index (χ0v) is 14.9. The van der Waals surface area contributed by atoms with Gasteiger partial charge in [0.1, 0.15) is 0 Å². The number of hydrogen-bond donors (Lipinski definition) is 2. The molecule has 0 spiro atoms. The topological polar surface area (TPSA) is 58.6 Å². The maximum atomic E-state index is 11.2. The van der Waals surface area contributed by atoms with Crippen LogP contribution in [0.4, 0.5) is 5.69 Å². The second-order valence-electron chi connectivity index (χ2n) is 7.39. The average molecular weight is 359 g/mol. The smallest absolute Gasteiger partial charge is 0.335 e. The molecule has 1 unspecified atom stereocenters. The van der Waals surface area contributed by atoms with Crippen LogP contribution >= 0.6 is 0 Å². The van der Waals surface area contributed by atoms with E-state index in [1.54, 1.807) is 12.1 Å². The first-order valence-electron chi connectivity index (χ1n) is 9.45. The quantitative estimate of drug-likeness (QED) is 0.662. The molecule has 0 aromatic heterocycles. The summed E-state index contributed by atoms with van der Waals surface area (Å²) in [7, 11) is 0. The summed E-state index contributed by atoms with van der Waals surface area (Å²) in [5, 5.41) is 15.4. The van der Waals surface area contributed by atoms with Crippen LogP contribution in [0.2, 0.25) is 0 Å². The minimum Gasteiger partial charge on any atom is -0.478 e. The van der Waals surface area contributed by atoms with Gasteiger partial charge in [0.15, 0.2) is 0 Å². The van der Waals surface area contributed by atoms with Crippen LogP contribution in [0.1, 0.15) is 46.5 Å². The summed E-state index contributed by atoms with van der Waals surface area (Å²) in [6, 6.07) is 20.1. The van der Waals surface area contributed by atoms with Crippen LogP contribution in [0, 0.1) is 5.92 Å². The van der Waals surface area contributed by atoms with E-state index in [1.165, 1.54) is 16.3 Å². The van der Waals surface area contributed by atoms with Crippen LogP contribution in [-0.2, 0) is 4.74 Å². The fourth-order valence-electron chi connectivity index (χ4n) is 4.61. The third kappa shape index (κ3) is 2.68. The van der Waals surface area contributed by atoms with Gasteiger partial charge in [-0.3, -0.25) is 0 Å². The number of nitrogens with one attached hydrogen (secondary N) is 1. The van der Waals surface area contributed by atoms with Crippen molar-refractivity contribution in [1.82, 2.24) is 0 Å². The molecule has 0 radical (unpaired) electrons. The van der Waals surface area contributed by atoms with Gasteiger partial charge < -0.3 is 15.2 Å². The number of hydrogen-bond acceptors (Lipinski definition) is 3. The van der Waals surface area contributed by atoms with E-state index in [4.69, 9.17) is 9.84 Å². The van der Waals surface area contributed by atoms with Gasteiger partial charge in [-0.25, -0.2) is 4.79 Å². The Kier molecular flexibility index (Phi) is 3.87. The maximum Gasteiger partial charge on any atom is 0.335 e. The fraction of sp³-hybridized carbons (Fsp3) is 0.261. The summed E-state index contributed by atoms with van der Waals surface area (Å²) >= 11 is 0. The Balaban J connectivity index is 1.61. The van der Waals surface area contributed by atoms with E-state index >= 15 is 0 Å². The van der Waals surface area contributed by atoms with Crippen LogP contribution in [0.3, 0.4) is 0 Å². The number of benzene rings is 3. The van der Waals surface area contributed by atoms with E-state index in [2.05, 4.69) is 41.7 Å². The lowest BCUT2D eigenvalue weighted by molar-refractivity contribution is -0.0372. The van der Waals surface area contributed by atoms with Gasteiger partial charge in [-0.1, -0.05) is 42.5 Å². The molecule has 0 amide bonds. The van der Waals surface area contributed by atoms with Crippen molar-refractivity contribution in [2.24, 2.45) is 5.92 Å². The first kappa shape index (κ1) is 16.3. The van der Waals surface area contributed by atoms with Crippen molar-refractivity contribution in [1.29, 1.82) is 0 Å². The Bertz CT molecular complexity index is 1010. The number of aromatic carboxylic acids is 1. The van der Waals surface area contributed by atoms with Gasteiger partial charge in [0.2, 0.25) is 0 Å². The zero-order chi connectivity index (χ0) is 18.4. The normalized spacial score (nSPS) is 23.9. The van der Waals surface area contributed by atoms with Crippen LogP contribution < -0.4 is 5.32 Å². The number of fused-ring (bicyclic) bond motifs is 5. The number of anilines is 1. The van der Waals surface area contributed by atoms with E-state index in [9.17, 15) is 4.79 Å². The lowest BCUT2D eigenvalue weighted by Crippen LogP contribution is -2.36. The van der Waals surface area contributed by atoms with E-state index < -0.39 is 5.97 Å². The number of carboxylic acids is 1. The van der Waals surface area contributed by atoms with Crippen LogP contribution in [0.25, 0.3) is 10.8 Å². The van der Waals surface area contributed by atoms with Crippen LogP contribution in [0.15, 0.2) is 60.7 Å². The Morgan fingerprint density at radius 1 is 1.04 bits per heavy atom. The molecule has 3 aromatic rings. The fourth-order valence-corrected chi connectivity index (χ4v) is 4.61. The van der Waals surface area contributed by atoms with E-state index in [-0.39, 0.29) is 12.1 Å². The summed E-state index contributed by atoms with van der Waals surface area (Å²) in [4.78, 5) is 11.2. The molecular formula is C23H21NO3. The first-order valence-corrected chi connectivity index (χ1v) is 9.45. The molecule has 1 fully saturated rings. The molecule has 5 rings (SSSR count). The SMILES string of the molecule is O=C(O)c1ccc(C2Nc3ccc4ccccc4c3[C@H]3OCCC[C@@H]23)cc1. The average Bonchev–Trinajstić information content (AvgIpc) is 2.73. The lowest BCUT2D eigenvalue weighted by atomic mass is 9.76.